The van der Waals surface area contributed by atoms with Crippen molar-refractivity contribution < 1.29 is 9.59 Å². The number of amides is 2. The predicted octanol–water partition coefficient (Wildman–Crippen LogP) is 1.84. The zero-order valence-electron chi connectivity index (χ0n) is 10.3. The molecule has 3 heteroatoms. The lowest BCUT2D eigenvalue weighted by Crippen LogP contribution is -2.45. The smallest absolute Gasteiger partial charge is 0.253 e. The van der Waals surface area contributed by atoms with Crippen molar-refractivity contribution in [1.82, 2.24) is 4.90 Å². The van der Waals surface area contributed by atoms with Gasteiger partial charge in [-0.2, -0.15) is 0 Å². The Balaban J connectivity index is 2.28. The van der Waals surface area contributed by atoms with Crippen LogP contribution in [-0.2, 0) is 9.59 Å². The Hall–Kier alpha value is -1.12. The highest BCUT2D eigenvalue weighted by Gasteiger charge is 2.47. The minimum absolute atomic E-state index is 0.0694. The van der Waals surface area contributed by atoms with Crippen LogP contribution in [0.25, 0.3) is 0 Å². The molecule has 0 spiro atoms. The van der Waals surface area contributed by atoms with Crippen LogP contribution in [0, 0.1) is 23.7 Å². The first-order chi connectivity index (χ1) is 7.45. The van der Waals surface area contributed by atoms with E-state index in [1.807, 2.05) is 0 Å². The molecule has 16 heavy (non-hydrogen) atoms. The average Bonchev–Trinajstić information content (AvgIpc) is 2.65. The molecule has 1 aliphatic heterocycles. The molecule has 1 aliphatic carbocycles. The molecule has 5 atom stereocenters. The summed E-state index contributed by atoms with van der Waals surface area (Å²) >= 11 is 0. The Morgan fingerprint density at radius 3 is 1.56 bits per heavy atom. The lowest BCUT2D eigenvalue weighted by molar-refractivity contribution is -0.141. The minimum atomic E-state index is -0.144. The van der Waals surface area contributed by atoms with E-state index < -0.39 is 0 Å². The fourth-order valence-electron chi connectivity index (χ4n) is 3.23. The van der Waals surface area contributed by atoms with Gasteiger partial charge < -0.3 is 0 Å². The van der Waals surface area contributed by atoms with Gasteiger partial charge >= 0.3 is 0 Å². The van der Waals surface area contributed by atoms with Crippen LogP contribution in [0.4, 0.5) is 0 Å². The van der Waals surface area contributed by atoms with Gasteiger partial charge in [0.15, 0.2) is 0 Å². The highest BCUT2D eigenvalue weighted by Crippen LogP contribution is 2.44. The lowest BCUT2D eigenvalue weighted by atomic mass is 9.92. The number of hydrogen-bond donors (Lipinski definition) is 0. The van der Waals surface area contributed by atoms with Gasteiger partial charge in [-0.3, -0.25) is 14.5 Å². The summed E-state index contributed by atoms with van der Waals surface area (Å²) in [4.78, 5) is 24.8. The fraction of sp³-hybridized carbons (Fsp3) is 0.692. The quantitative estimate of drug-likeness (QED) is 0.634. The highest BCUT2D eigenvalue weighted by atomic mass is 16.2. The van der Waals surface area contributed by atoms with Gasteiger partial charge in [0.2, 0.25) is 0 Å². The Labute approximate surface area is 96.5 Å². The van der Waals surface area contributed by atoms with E-state index in [4.69, 9.17) is 0 Å². The first-order valence-electron chi connectivity index (χ1n) is 6.00. The van der Waals surface area contributed by atoms with Crippen LogP contribution in [0.3, 0.4) is 0 Å². The standard InChI is InChI=1S/C13H19NO2/c1-7-8(2)10(4)13(9(7)3)14-11(15)5-6-12(14)16/h5-10,13H,1-4H3/t7-,8-,9-,10+,13?/m0/s1. The summed E-state index contributed by atoms with van der Waals surface area (Å²) in [6.07, 6.45) is 2.77. The normalized spacial score (nSPS) is 43.5. The molecule has 0 radical (unpaired) electrons. The second-order valence-electron chi connectivity index (χ2n) is 5.31. The van der Waals surface area contributed by atoms with E-state index in [0.717, 1.165) is 0 Å². The molecular formula is C13H19NO2. The van der Waals surface area contributed by atoms with Crippen molar-refractivity contribution in [2.75, 3.05) is 0 Å². The monoisotopic (exact) mass is 221 g/mol. The summed E-state index contributed by atoms with van der Waals surface area (Å²) in [5.41, 5.74) is 0. The summed E-state index contributed by atoms with van der Waals surface area (Å²) in [6, 6.07) is 0.0694. The molecule has 1 fully saturated rings. The molecule has 0 bridgehead atoms. The molecule has 2 rings (SSSR count). The number of carbonyl (C=O) groups is 2. The summed E-state index contributed by atoms with van der Waals surface area (Å²) in [7, 11) is 0. The third-order valence-electron chi connectivity index (χ3n) is 4.71. The maximum atomic E-state index is 11.7. The number of rotatable bonds is 1. The summed E-state index contributed by atoms with van der Waals surface area (Å²) in [5, 5.41) is 0. The van der Waals surface area contributed by atoms with E-state index in [2.05, 4.69) is 27.7 Å². The first kappa shape index (κ1) is 11.4. The van der Waals surface area contributed by atoms with Gasteiger partial charge in [0.1, 0.15) is 0 Å². The summed E-state index contributed by atoms with van der Waals surface area (Å²) < 4.78 is 0. The van der Waals surface area contributed by atoms with Crippen LogP contribution in [0.15, 0.2) is 12.2 Å². The van der Waals surface area contributed by atoms with Crippen molar-refractivity contribution in [2.45, 2.75) is 33.7 Å². The molecule has 3 nitrogen and oxygen atoms in total. The van der Waals surface area contributed by atoms with Crippen molar-refractivity contribution in [3.8, 4) is 0 Å². The van der Waals surface area contributed by atoms with Crippen LogP contribution < -0.4 is 0 Å². The van der Waals surface area contributed by atoms with Crippen LogP contribution in [-0.4, -0.2) is 22.8 Å². The molecule has 2 amide bonds. The maximum absolute atomic E-state index is 11.7. The van der Waals surface area contributed by atoms with Gasteiger partial charge in [-0.05, 0) is 23.7 Å². The first-order valence-corrected chi connectivity index (χ1v) is 6.00. The molecule has 2 aliphatic rings. The molecule has 0 aromatic rings. The molecule has 0 aromatic heterocycles. The minimum Gasteiger partial charge on any atom is -0.272 e. The molecule has 0 aromatic carbocycles. The van der Waals surface area contributed by atoms with Crippen LogP contribution in [0.1, 0.15) is 27.7 Å². The second-order valence-corrected chi connectivity index (χ2v) is 5.31. The molecule has 1 heterocycles. The van der Waals surface area contributed by atoms with Crippen molar-refractivity contribution >= 4 is 11.8 Å². The second kappa shape index (κ2) is 3.72. The Morgan fingerprint density at radius 1 is 0.812 bits per heavy atom. The number of nitrogens with zero attached hydrogens (tertiary/aromatic N) is 1. The summed E-state index contributed by atoms with van der Waals surface area (Å²) in [6.45, 7) is 8.72. The SMILES string of the molecule is C[C@H]1[C@H](C)[C@@H](C)C(N2C(=O)C=CC2=O)[C@H]1C. The third kappa shape index (κ3) is 1.41. The van der Waals surface area contributed by atoms with E-state index in [-0.39, 0.29) is 17.9 Å². The van der Waals surface area contributed by atoms with Crippen molar-refractivity contribution in [3.63, 3.8) is 0 Å². The molecular weight excluding hydrogens is 202 g/mol. The summed E-state index contributed by atoms with van der Waals surface area (Å²) in [5.74, 6) is 1.60. The molecule has 1 saturated carbocycles. The van der Waals surface area contributed by atoms with Gasteiger partial charge in [-0.1, -0.05) is 27.7 Å². The van der Waals surface area contributed by atoms with Gasteiger partial charge in [0.25, 0.3) is 11.8 Å². The largest absolute Gasteiger partial charge is 0.272 e. The van der Waals surface area contributed by atoms with Crippen molar-refractivity contribution in [2.24, 2.45) is 23.7 Å². The predicted molar refractivity (Wildman–Crippen MR) is 61.4 cm³/mol. The average molecular weight is 221 g/mol. The van der Waals surface area contributed by atoms with E-state index in [1.54, 1.807) is 0 Å². The van der Waals surface area contributed by atoms with Gasteiger partial charge in [-0.25, -0.2) is 0 Å². The zero-order chi connectivity index (χ0) is 12.0. The van der Waals surface area contributed by atoms with Gasteiger partial charge in [0.05, 0.1) is 0 Å². The highest BCUT2D eigenvalue weighted by molar-refractivity contribution is 6.13. The maximum Gasteiger partial charge on any atom is 0.253 e. The Bertz CT molecular complexity index is 329. The number of carbonyl (C=O) groups excluding carboxylic acids is 2. The van der Waals surface area contributed by atoms with Gasteiger partial charge in [-0.15, -0.1) is 0 Å². The van der Waals surface area contributed by atoms with Crippen molar-refractivity contribution in [3.05, 3.63) is 12.2 Å². The van der Waals surface area contributed by atoms with E-state index in [9.17, 15) is 9.59 Å². The third-order valence-corrected chi connectivity index (χ3v) is 4.71. The van der Waals surface area contributed by atoms with Crippen LogP contribution >= 0.6 is 0 Å². The molecule has 0 N–H and O–H groups in total. The number of hydrogen-bond acceptors (Lipinski definition) is 2. The number of imide groups is 1. The van der Waals surface area contributed by atoms with Crippen molar-refractivity contribution in [1.29, 1.82) is 0 Å². The van der Waals surface area contributed by atoms with E-state index >= 15 is 0 Å². The topological polar surface area (TPSA) is 37.4 Å². The van der Waals surface area contributed by atoms with E-state index in [0.29, 0.717) is 23.7 Å². The van der Waals surface area contributed by atoms with E-state index in [1.165, 1.54) is 17.1 Å². The molecule has 1 unspecified atom stereocenters. The van der Waals surface area contributed by atoms with Crippen LogP contribution in [0.2, 0.25) is 0 Å². The van der Waals surface area contributed by atoms with Crippen LogP contribution in [0.5, 0.6) is 0 Å². The Morgan fingerprint density at radius 2 is 1.19 bits per heavy atom. The van der Waals surface area contributed by atoms with Gasteiger partial charge in [0, 0.05) is 18.2 Å². The fourth-order valence-corrected chi connectivity index (χ4v) is 3.23. The lowest BCUT2D eigenvalue weighted by Gasteiger charge is -2.30. The molecule has 88 valence electrons. The zero-order valence-corrected chi connectivity index (χ0v) is 10.3. The molecule has 0 saturated heterocycles. The Kier molecular flexibility index (Phi) is 2.64.